The Balaban J connectivity index is 2.31. The van der Waals surface area contributed by atoms with E-state index in [4.69, 9.17) is 6.57 Å². The van der Waals surface area contributed by atoms with E-state index in [1.807, 2.05) is 0 Å². The number of ether oxygens (including phenoxy) is 1. The molecule has 0 atom stereocenters. The SMILES string of the molecule is [C-]#[N+]CC=CC=NN1CCOC1=O. The average Bonchev–Trinajstić information content (AvgIpc) is 2.52. The summed E-state index contributed by atoms with van der Waals surface area (Å²) in [6.07, 6.45) is 4.34. The zero-order valence-corrected chi connectivity index (χ0v) is 7.01. The molecule has 13 heavy (non-hydrogen) atoms. The predicted molar refractivity (Wildman–Crippen MR) is 47.2 cm³/mol. The van der Waals surface area contributed by atoms with Gasteiger partial charge in [0.2, 0.25) is 6.54 Å². The van der Waals surface area contributed by atoms with Gasteiger partial charge in [-0.15, -0.1) is 0 Å². The summed E-state index contributed by atoms with van der Waals surface area (Å²) in [4.78, 5) is 13.9. The highest BCUT2D eigenvalue weighted by Gasteiger charge is 2.20. The third kappa shape index (κ3) is 2.95. The monoisotopic (exact) mass is 179 g/mol. The highest BCUT2D eigenvalue weighted by Crippen LogP contribution is 2.01. The Morgan fingerprint density at radius 1 is 1.77 bits per heavy atom. The fourth-order valence-corrected chi connectivity index (χ4v) is 0.783. The molecule has 0 radical (unpaired) electrons. The van der Waals surface area contributed by atoms with Crippen LogP contribution in [0.3, 0.4) is 0 Å². The van der Waals surface area contributed by atoms with Crippen LogP contribution < -0.4 is 0 Å². The largest absolute Gasteiger partial charge is 0.446 e. The van der Waals surface area contributed by atoms with E-state index in [1.165, 1.54) is 11.2 Å². The van der Waals surface area contributed by atoms with Crippen LogP contribution in [0.5, 0.6) is 0 Å². The fraction of sp³-hybridized carbons (Fsp3) is 0.375. The van der Waals surface area contributed by atoms with Crippen molar-refractivity contribution in [2.24, 2.45) is 5.10 Å². The van der Waals surface area contributed by atoms with Crippen LogP contribution >= 0.6 is 0 Å². The highest BCUT2D eigenvalue weighted by atomic mass is 16.6. The number of cyclic esters (lactones) is 1. The number of hydrogen-bond donors (Lipinski definition) is 0. The summed E-state index contributed by atoms with van der Waals surface area (Å²) < 4.78 is 4.64. The van der Waals surface area contributed by atoms with Gasteiger partial charge in [-0.05, 0) is 12.2 Å². The second-order valence-electron chi connectivity index (χ2n) is 2.27. The molecule has 0 aromatic rings. The molecule has 0 aliphatic carbocycles. The summed E-state index contributed by atoms with van der Waals surface area (Å²) in [5.41, 5.74) is 0. The maximum absolute atomic E-state index is 10.8. The molecule has 1 saturated heterocycles. The smallest absolute Gasteiger partial charge is 0.430 e. The first kappa shape index (κ1) is 9.26. The van der Waals surface area contributed by atoms with Gasteiger partial charge in [0.15, 0.2) is 0 Å². The Labute approximate surface area is 76.1 Å². The van der Waals surface area contributed by atoms with E-state index in [0.29, 0.717) is 19.7 Å². The summed E-state index contributed by atoms with van der Waals surface area (Å²) in [5.74, 6) is 0. The van der Waals surface area contributed by atoms with Crippen LogP contribution in [-0.4, -0.2) is 37.0 Å². The van der Waals surface area contributed by atoms with Crippen LogP contribution in [0, 0.1) is 6.57 Å². The van der Waals surface area contributed by atoms with Crippen molar-refractivity contribution < 1.29 is 9.53 Å². The van der Waals surface area contributed by atoms with Crippen LogP contribution in [0.1, 0.15) is 0 Å². The highest BCUT2D eigenvalue weighted by molar-refractivity contribution is 5.75. The molecule has 0 saturated carbocycles. The lowest BCUT2D eigenvalue weighted by Gasteiger charge is -2.01. The second-order valence-corrected chi connectivity index (χ2v) is 2.27. The fourth-order valence-electron chi connectivity index (χ4n) is 0.783. The molecule has 1 rings (SSSR count). The molecular formula is C8H9N3O2. The van der Waals surface area contributed by atoms with Crippen LogP contribution in [0.25, 0.3) is 4.85 Å². The average molecular weight is 179 g/mol. The van der Waals surface area contributed by atoms with Crippen molar-refractivity contribution >= 4 is 12.3 Å². The number of allylic oxidation sites excluding steroid dienone is 1. The standard InChI is InChI=1S/C8H9N3O2/c1-9-4-2-3-5-10-11-6-7-13-8(11)12/h2-3,5H,4,6-7H2. The predicted octanol–water partition coefficient (Wildman–Crippen LogP) is 0.900. The van der Waals surface area contributed by atoms with Gasteiger partial charge in [0, 0.05) is 6.21 Å². The molecular weight excluding hydrogens is 170 g/mol. The maximum atomic E-state index is 10.8. The van der Waals surface area contributed by atoms with Gasteiger partial charge < -0.3 is 9.58 Å². The van der Waals surface area contributed by atoms with Gasteiger partial charge in [0.25, 0.3) is 0 Å². The van der Waals surface area contributed by atoms with Gasteiger partial charge in [-0.3, -0.25) is 0 Å². The van der Waals surface area contributed by atoms with Crippen molar-refractivity contribution in [2.45, 2.75) is 0 Å². The van der Waals surface area contributed by atoms with E-state index >= 15 is 0 Å². The first-order valence-corrected chi connectivity index (χ1v) is 3.81. The molecule has 5 heteroatoms. The van der Waals surface area contributed by atoms with Crippen LogP contribution in [0.15, 0.2) is 17.3 Å². The summed E-state index contributed by atoms with van der Waals surface area (Å²) in [6, 6.07) is 0. The van der Waals surface area contributed by atoms with E-state index in [0.717, 1.165) is 0 Å². The van der Waals surface area contributed by atoms with Crippen LogP contribution in [0.4, 0.5) is 4.79 Å². The number of hydrazone groups is 1. The van der Waals surface area contributed by atoms with Crippen molar-refractivity contribution in [3.63, 3.8) is 0 Å². The minimum atomic E-state index is -0.421. The first-order chi connectivity index (χ1) is 6.34. The van der Waals surface area contributed by atoms with E-state index < -0.39 is 6.09 Å². The molecule has 0 bridgehead atoms. The maximum Gasteiger partial charge on any atom is 0.430 e. The van der Waals surface area contributed by atoms with Gasteiger partial charge in [0.1, 0.15) is 6.61 Å². The van der Waals surface area contributed by atoms with Gasteiger partial charge >= 0.3 is 6.09 Å². The van der Waals surface area contributed by atoms with Crippen molar-refractivity contribution in [3.05, 3.63) is 23.6 Å². The topological polar surface area (TPSA) is 46.3 Å². The van der Waals surface area contributed by atoms with Crippen molar-refractivity contribution in [1.29, 1.82) is 0 Å². The van der Waals surface area contributed by atoms with E-state index in [-0.39, 0.29) is 0 Å². The third-order valence-corrected chi connectivity index (χ3v) is 1.36. The normalized spacial score (nSPS) is 16.8. The molecule has 0 unspecified atom stereocenters. The number of hydrogen-bond acceptors (Lipinski definition) is 3. The molecule has 0 N–H and O–H groups in total. The molecule has 0 spiro atoms. The Kier molecular flexibility index (Phi) is 3.51. The minimum Gasteiger partial charge on any atom is -0.446 e. The molecule has 1 heterocycles. The Morgan fingerprint density at radius 3 is 3.23 bits per heavy atom. The Morgan fingerprint density at radius 2 is 2.62 bits per heavy atom. The van der Waals surface area contributed by atoms with Gasteiger partial charge in [-0.2, -0.15) is 10.1 Å². The van der Waals surface area contributed by atoms with Crippen molar-refractivity contribution in [1.82, 2.24) is 5.01 Å². The molecule has 5 nitrogen and oxygen atoms in total. The van der Waals surface area contributed by atoms with Crippen LogP contribution in [-0.2, 0) is 4.74 Å². The number of carbonyl (C=O) groups excluding carboxylic acids is 1. The number of rotatable bonds is 3. The van der Waals surface area contributed by atoms with E-state index in [9.17, 15) is 4.79 Å². The van der Waals surface area contributed by atoms with Crippen LogP contribution in [0.2, 0.25) is 0 Å². The van der Waals surface area contributed by atoms with E-state index in [1.54, 1.807) is 12.2 Å². The second kappa shape index (κ2) is 4.93. The van der Waals surface area contributed by atoms with Gasteiger partial charge in [-0.1, -0.05) is 0 Å². The number of carbonyl (C=O) groups is 1. The summed E-state index contributed by atoms with van der Waals surface area (Å²) in [6.45, 7) is 7.69. The zero-order chi connectivity index (χ0) is 9.52. The molecule has 0 aromatic carbocycles. The number of nitrogens with zero attached hydrogens (tertiary/aromatic N) is 3. The molecule has 68 valence electrons. The van der Waals surface area contributed by atoms with Gasteiger partial charge in [0.05, 0.1) is 6.54 Å². The molecule has 1 aliphatic heterocycles. The number of amides is 1. The quantitative estimate of drug-likeness (QED) is 0.477. The lowest BCUT2D eigenvalue weighted by molar-refractivity contribution is 0.159. The molecule has 1 amide bonds. The molecule has 1 fully saturated rings. The molecule has 1 aliphatic rings. The minimum absolute atomic E-state index is 0.330. The first-order valence-electron chi connectivity index (χ1n) is 3.81. The lowest BCUT2D eigenvalue weighted by atomic mass is 10.5. The van der Waals surface area contributed by atoms with Crippen molar-refractivity contribution in [3.8, 4) is 0 Å². The Bertz CT molecular complexity index is 278. The van der Waals surface area contributed by atoms with E-state index in [2.05, 4.69) is 14.7 Å². The van der Waals surface area contributed by atoms with Gasteiger partial charge in [-0.25, -0.2) is 11.4 Å². The van der Waals surface area contributed by atoms with Crippen molar-refractivity contribution in [2.75, 3.05) is 19.7 Å². The zero-order valence-electron chi connectivity index (χ0n) is 7.01. The lowest BCUT2D eigenvalue weighted by Crippen LogP contribution is -2.17. The summed E-state index contributed by atoms with van der Waals surface area (Å²) in [5, 5.41) is 5.06. The molecule has 0 aromatic heterocycles. The summed E-state index contributed by atoms with van der Waals surface area (Å²) in [7, 11) is 0. The Hall–Kier alpha value is -1.83. The summed E-state index contributed by atoms with van der Waals surface area (Å²) >= 11 is 0. The third-order valence-electron chi connectivity index (χ3n) is 1.36.